The van der Waals surface area contributed by atoms with Gasteiger partial charge in [-0.1, -0.05) is 27.7 Å². The van der Waals surface area contributed by atoms with E-state index in [1.165, 1.54) is 0 Å². The van der Waals surface area contributed by atoms with Crippen molar-refractivity contribution in [2.24, 2.45) is 5.41 Å². The Morgan fingerprint density at radius 2 is 1.60 bits per heavy atom. The Morgan fingerprint density at radius 1 is 1.13 bits per heavy atom. The molecule has 0 bridgehead atoms. The van der Waals surface area contributed by atoms with Gasteiger partial charge in [-0.05, 0) is 32.7 Å². The Kier molecular flexibility index (Phi) is 6.82. The molecule has 90 valence electrons. The maximum atomic E-state index is 11.2. The lowest BCUT2D eigenvalue weighted by molar-refractivity contribution is -0.117. The molecule has 0 aliphatic heterocycles. The van der Waals surface area contributed by atoms with E-state index in [1.807, 2.05) is 0 Å². The van der Waals surface area contributed by atoms with Crippen LogP contribution in [0.1, 0.15) is 53.4 Å². The normalized spacial score (nSPS) is 12.5. The summed E-state index contributed by atoms with van der Waals surface area (Å²) in [6.07, 6.45) is 5.37. The minimum absolute atomic E-state index is 0.128. The zero-order valence-corrected chi connectivity index (χ0v) is 11.0. The van der Waals surface area contributed by atoms with Crippen LogP contribution >= 0.6 is 0 Å². The molecule has 2 heteroatoms. The second-order valence-electron chi connectivity index (χ2n) is 4.57. The highest BCUT2D eigenvalue weighted by Gasteiger charge is 2.28. The second-order valence-corrected chi connectivity index (χ2v) is 4.57. The van der Waals surface area contributed by atoms with E-state index in [0.717, 1.165) is 38.5 Å². The fourth-order valence-corrected chi connectivity index (χ4v) is 2.22. The SMILES string of the molecule is CCC(CC)N(C)CC(C=O)(CC)CC. The van der Waals surface area contributed by atoms with Crippen molar-refractivity contribution in [3.8, 4) is 0 Å². The topological polar surface area (TPSA) is 20.3 Å². The van der Waals surface area contributed by atoms with Gasteiger partial charge in [0.25, 0.3) is 0 Å². The number of carbonyl (C=O) groups is 1. The number of aldehydes is 1. The first-order chi connectivity index (χ1) is 7.09. The fourth-order valence-electron chi connectivity index (χ4n) is 2.22. The molecule has 15 heavy (non-hydrogen) atoms. The fraction of sp³-hybridized carbons (Fsp3) is 0.923. The van der Waals surface area contributed by atoms with Crippen LogP contribution in [-0.4, -0.2) is 30.8 Å². The predicted molar refractivity (Wildman–Crippen MR) is 66.1 cm³/mol. The lowest BCUT2D eigenvalue weighted by Crippen LogP contribution is -2.41. The number of hydrogen-bond acceptors (Lipinski definition) is 2. The molecule has 0 heterocycles. The summed E-state index contributed by atoms with van der Waals surface area (Å²) in [4.78, 5) is 13.5. The molecule has 0 aromatic rings. The number of rotatable bonds is 8. The smallest absolute Gasteiger partial charge is 0.127 e. The summed E-state index contributed by atoms with van der Waals surface area (Å²) in [5.41, 5.74) is -0.128. The van der Waals surface area contributed by atoms with Crippen molar-refractivity contribution in [3.63, 3.8) is 0 Å². The van der Waals surface area contributed by atoms with Gasteiger partial charge in [0.05, 0.1) is 0 Å². The van der Waals surface area contributed by atoms with Gasteiger partial charge in [0.2, 0.25) is 0 Å². The number of hydrogen-bond donors (Lipinski definition) is 0. The van der Waals surface area contributed by atoms with Crippen LogP contribution in [0.3, 0.4) is 0 Å². The van der Waals surface area contributed by atoms with E-state index in [2.05, 4.69) is 39.6 Å². The molecule has 2 nitrogen and oxygen atoms in total. The quantitative estimate of drug-likeness (QED) is 0.577. The molecular formula is C13H27NO. The average molecular weight is 213 g/mol. The van der Waals surface area contributed by atoms with E-state index in [0.29, 0.717) is 6.04 Å². The number of nitrogens with zero attached hydrogens (tertiary/aromatic N) is 1. The Hall–Kier alpha value is -0.370. The summed E-state index contributed by atoms with van der Waals surface area (Å²) in [5, 5.41) is 0. The van der Waals surface area contributed by atoms with Crippen LogP contribution in [-0.2, 0) is 4.79 Å². The van der Waals surface area contributed by atoms with Gasteiger partial charge in [0.15, 0.2) is 0 Å². The summed E-state index contributed by atoms with van der Waals surface area (Å²) in [6, 6.07) is 0.613. The molecular weight excluding hydrogens is 186 g/mol. The molecule has 0 amide bonds. The van der Waals surface area contributed by atoms with Gasteiger partial charge < -0.3 is 9.69 Å². The van der Waals surface area contributed by atoms with Crippen LogP contribution in [0, 0.1) is 5.41 Å². The molecule has 0 fully saturated rings. The van der Waals surface area contributed by atoms with Crippen molar-refractivity contribution < 1.29 is 4.79 Å². The summed E-state index contributed by atoms with van der Waals surface area (Å²) >= 11 is 0. The van der Waals surface area contributed by atoms with E-state index in [-0.39, 0.29) is 5.41 Å². The minimum Gasteiger partial charge on any atom is -0.303 e. The lowest BCUT2D eigenvalue weighted by atomic mass is 9.83. The van der Waals surface area contributed by atoms with Crippen molar-refractivity contribution in [1.29, 1.82) is 0 Å². The first-order valence-corrected chi connectivity index (χ1v) is 6.25. The van der Waals surface area contributed by atoms with Gasteiger partial charge in [-0.25, -0.2) is 0 Å². The third kappa shape index (κ3) is 3.94. The predicted octanol–water partition coefficient (Wildman–Crippen LogP) is 3.11. The standard InChI is InChI=1S/C13H27NO/c1-6-12(7-2)14(5)10-13(8-3,9-4)11-15/h11-12H,6-10H2,1-5H3. The van der Waals surface area contributed by atoms with E-state index in [1.54, 1.807) is 0 Å². The van der Waals surface area contributed by atoms with Gasteiger partial charge in [-0.15, -0.1) is 0 Å². The molecule has 0 aliphatic rings. The summed E-state index contributed by atoms with van der Waals surface area (Å²) in [5.74, 6) is 0. The van der Waals surface area contributed by atoms with Gasteiger partial charge >= 0.3 is 0 Å². The van der Waals surface area contributed by atoms with Crippen molar-refractivity contribution in [2.75, 3.05) is 13.6 Å². The summed E-state index contributed by atoms with van der Waals surface area (Å²) in [7, 11) is 2.14. The van der Waals surface area contributed by atoms with E-state index in [9.17, 15) is 4.79 Å². The maximum absolute atomic E-state index is 11.2. The van der Waals surface area contributed by atoms with E-state index in [4.69, 9.17) is 0 Å². The van der Waals surface area contributed by atoms with Crippen LogP contribution in [0.25, 0.3) is 0 Å². The van der Waals surface area contributed by atoms with Crippen molar-refractivity contribution in [1.82, 2.24) is 4.90 Å². The molecule has 0 aromatic carbocycles. The van der Waals surface area contributed by atoms with Gasteiger partial charge in [0.1, 0.15) is 6.29 Å². The van der Waals surface area contributed by atoms with Crippen molar-refractivity contribution in [3.05, 3.63) is 0 Å². The molecule has 0 unspecified atom stereocenters. The van der Waals surface area contributed by atoms with Crippen LogP contribution in [0.5, 0.6) is 0 Å². The zero-order valence-electron chi connectivity index (χ0n) is 11.0. The third-order valence-electron chi connectivity index (χ3n) is 3.79. The summed E-state index contributed by atoms with van der Waals surface area (Å²) in [6.45, 7) is 9.55. The molecule has 0 aromatic heterocycles. The van der Waals surface area contributed by atoms with Gasteiger partial charge in [-0.3, -0.25) is 0 Å². The van der Waals surface area contributed by atoms with E-state index < -0.39 is 0 Å². The van der Waals surface area contributed by atoms with Gasteiger partial charge in [0, 0.05) is 18.0 Å². The van der Waals surface area contributed by atoms with Gasteiger partial charge in [-0.2, -0.15) is 0 Å². The van der Waals surface area contributed by atoms with Crippen LogP contribution < -0.4 is 0 Å². The molecule has 0 saturated heterocycles. The molecule has 0 aliphatic carbocycles. The third-order valence-corrected chi connectivity index (χ3v) is 3.79. The molecule has 0 rings (SSSR count). The largest absolute Gasteiger partial charge is 0.303 e. The monoisotopic (exact) mass is 213 g/mol. The first kappa shape index (κ1) is 14.6. The van der Waals surface area contributed by atoms with Crippen LogP contribution in [0.2, 0.25) is 0 Å². The minimum atomic E-state index is -0.128. The molecule has 0 radical (unpaired) electrons. The van der Waals surface area contributed by atoms with E-state index >= 15 is 0 Å². The van der Waals surface area contributed by atoms with Crippen LogP contribution in [0.4, 0.5) is 0 Å². The maximum Gasteiger partial charge on any atom is 0.127 e. The van der Waals surface area contributed by atoms with Crippen molar-refractivity contribution in [2.45, 2.75) is 59.4 Å². The Bertz CT molecular complexity index is 171. The second kappa shape index (κ2) is 7.00. The summed E-state index contributed by atoms with van der Waals surface area (Å²) < 4.78 is 0. The average Bonchev–Trinajstić information content (AvgIpc) is 2.28. The Balaban J connectivity index is 4.45. The molecule has 0 N–H and O–H groups in total. The first-order valence-electron chi connectivity index (χ1n) is 6.25. The number of carbonyl (C=O) groups excluding carboxylic acids is 1. The lowest BCUT2D eigenvalue weighted by Gasteiger charge is -2.34. The highest BCUT2D eigenvalue weighted by Crippen LogP contribution is 2.25. The Labute approximate surface area is 95.0 Å². The highest BCUT2D eigenvalue weighted by molar-refractivity contribution is 5.59. The molecule has 0 spiro atoms. The molecule has 0 saturated carbocycles. The van der Waals surface area contributed by atoms with Crippen molar-refractivity contribution >= 4 is 6.29 Å². The Morgan fingerprint density at radius 3 is 1.87 bits per heavy atom. The molecule has 0 atom stereocenters. The zero-order chi connectivity index (χ0) is 11.9. The highest BCUT2D eigenvalue weighted by atomic mass is 16.1. The van der Waals surface area contributed by atoms with Crippen LogP contribution in [0.15, 0.2) is 0 Å².